The Morgan fingerprint density at radius 1 is 1.46 bits per heavy atom. The molecule has 74 valence electrons. The lowest BCUT2D eigenvalue weighted by Crippen LogP contribution is -2.14. The Morgan fingerprint density at radius 3 is 2.54 bits per heavy atom. The summed E-state index contributed by atoms with van der Waals surface area (Å²) in [6, 6.07) is 5.00. The van der Waals surface area contributed by atoms with Crippen molar-refractivity contribution in [1.82, 2.24) is 0 Å². The quantitative estimate of drug-likeness (QED) is 0.878. The van der Waals surface area contributed by atoms with E-state index in [0.717, 1.165) is 10.0 Å². The first-order valence-corrected chi connectivity index (χ1v) is 4.63. The summed E-state index contributed by atoms with van der Waals surface area (Å²) in [5.41, 5.74) is 6.43. The molecule has 0 aromatic heterocycles. The molecule has 0 spiro atoms. The van der Waals surface area contributed by atoms with Crippen LogP contribution in [0.15, 0.2) is 22.7 Å². The van der Waals surface area contributed by atoms with Gasteiger partial charge in [0.1, 0.15) is 0 Å². The second-order valence-corrected chi connectivity index (χ2v) is 3.84. The van der Waals surface area contributed by atoms with Crippen LogP contribution < -0.4 is 5.73 Å². The summed E-state index contributed by atoms with van der Waals surface area (Å²) < 4.78 is 0.869. The van der Waals surface area contributed by atoms with E-state index in [9.17, 15) is 0 Å². The fourth-order valence-corrected chi connectivity index (χ4v) is 1.78. The molecular formula is C8H10BrCl2NO. The zero-order valence-corrected chi connectivity index (χ0v) is 9.86. The van der Waals surface area contributed by atoms with Crippen molar-refractivity contribution >= 4 is 39.9 Å². The van der Waals surface area contributed by atoms with E-state index < -0.39 is 0 Å². The predicted molar refractivity (Wildman–Crippen MR) is 60.4 cm³/mol. The molecule has 13 heavy (non-hydrogen) atoms. The molecule has 0 heterocycles. The maximum absolute atomic E-state index is 8.79. The van der Waals surface area contributed by atoms with Crippen LogP contribution in [0.4, 0.5) is 0 Å². The summed E-state index contributed by atoms with van der Waals surface area (Å²) >= 11 is 9.07. The molecule has 0 fully saturated rings. The van der Waals surface area contributed by atoms with Crippen molar-refractivity contribution in [1.29, 1.82) is 0 Å². The highest BCUT2D eigenvalue weighted by atomic mass is 79.9. The van der Waals surface area contributed by atoms with Gasteiger partial charge in [-0.2, -0.15) is 0 Å². The van der Waals surface area contributed by atoms with Gasteiger partial charge in [0.15, 0.2) is 0 Å². The maximum Gasteiger partial charge on any atom is 0.0624 e. The number of benzene rings is 1. The minimum Gasteiger partial charge on any atom is -0.394 e. The Hall–Kier alpha value is 0.200. The molecule has 0 bridgehead atoms. The first-order chi connectivity index (χ1) is 5.63. The Morgan fingerprint density at radius 2 is 2.08 bits per heavy atom. The van der Waals surface area contributed by atoms with Gasteiger partial charge in [-0.05, 0) is 23.8 Å². The molecule has 0 aliphatic rings. The summed E-state index contributed by atoms with van der Waals surface area (Å²) in [7, 11) is 0. The van der Waals surface area contributed by atoms with Crippen LogP contribution in [0.2, 0.25) is 5.02 Å². The third-order valence-electron chi connectivity index (χ3n) is 1.51. The summed E-state index contributed by atoms with van der Waals surface area (Å²) in [5, 5.41) is 9.40. The first kappa shape index (κ1) is 13.2. The number of rotatable bonds is 2. The SMILES string of the molecule is Cl.N[C@@H](CO)c1cc(Cl)cc(Br)c1. The molecule has 1 aromatic carbocycles. The van der Waals surface area contributed by atoms with E-state index >= 15 is 0 Å². The molecule has 0 unspecified atom stereocenters. The molecular weight excluding hydrogens is 277 g/mol. The van der Waals surface area contributed by atoms with Crippen LogP contribution in [0.25, 0.3) is 0 Å². The van der Waals surface area contributed by atoms with Crippen molar-refractivity contribution in [3.05, 3.63) is 33.3 Å². The fraction of sp³-hybridized carbons (Fsp3) is 0.250. The second kappa shape index (κ2) is 5.83. The van der Waals surface area contributed by atoms with Crippen molar-refractivity contribution in [2.75, 3.05) is 6.61 Å². The van der Waals surface area contributed by atoms with Crippen molar-refractivity contribution in [2.45, 2.75) is 6.04 Å². The van der Waals surface area contributed by atoms with E-state index in [4.69, 9.17) is 22.4 Å². The molecule has 0 saturated carbocycles. The van der Waals surface area contributed by atoms with Gasteiger partial charge in [-0.1, -0.05) is 27.5 Å². The van der Waals surface area contributed by atoms with E-state index in [1.807, 2.05) is 6.07 Å². The first-order valence-electron chi connectivity index (χ1n) is 3.46. The van der Waals surface area contributed by atoms with Gasteiger partial charge in [0.05, 0.1) is 12.6 Å². The molecule has 1 rings (SSSR count). The van der Waals surface area contributed by atoms with Crippen LogP contribution >= 0.6 is 39.9 Å². The third kappa shape index (κ3) is 3.83. The van der Waals surface area contributed by atoms with E-state index in [1.54, 1.807) is 12.1 Å². The van der Waals surface area contributed by atoms with E-state index in [2.05, 4.69) is 15.9 Å². The zero-order valence-electron chi connectivity index (χ0n) is 6.71. The average molecular weight is 287 g/mol. The van der Waals surface area contributed by atoms with Gasteiger partial charge >= 0.3 is 0 Å². The fourth-order valence-electron chi connectivity index (χ4n) is 0.895. The Labute approximate surface area is 96.6 Å². The van der Waals surface area contributed by atoms with Crippen LogP contribution in [-0.4, -0.2) is 11.7 Å². The predicted octanol–water partition coefficient (Wildman–Crippen LogP) is 2.52. The van der Waals surface area contributed by atoms with Crippen LogP contribution in [0.3, 0.4) is 0 Å². The van der Waals surface area contributed by atoms with Gasteiger partial charge in [0, 0.05) is 9.50 Å². The van der Waals surface area contributed by atoms with Crippen molar-refractivity contribution in [3.63, 3.8) is 0 Å². The number of nitrogens with two attached hydrogens (primary N) is 1. The van der Waals surface area contributed by atoms with Gasteiger partial charge in [-0.25, -0.2) is 0 Å². The lowest BCUT2D eigenvalue weighted by atomic mass is 10.1. The molecule has 0 amide bonds. The minimum atomic E-state index is -0.361. The minimum absolute atomic E-state index is 0. The zero-order chi connectivity index (χ0) is 9.14. The van der Waals surface area contributed by atoms with Crippen LogP contribution in [-0.2, 0) is 0 Å². The van der Waals surface area contributed by atoms with Crippen LogP contribution in [0, 0.1) is 0 Å². The largest absolute Gasteiger partial charge is 0.394 e. The summed E-state index contributed by atoms with van der Waals surface area (Å²) in [5.74, 6) is 0. The topological polar surface area (TPSA) is 46.2 Å². The molecule has 0 aliphatic carbocycles. The van der Waals surface area contributed by atoms with Crippen molar-refractivity contribution in [3.8, 4) is 0 Å². The maximum atomic E-state index is 8.79. The highest BCUT2D eigenvalue weighted by Gasteiger charge is 2.05. The van der Waals surface area contributed by atoms with Gasteiger partial charge < -0.3 is 10.8 Å². The van der Waals surface area contributed by atoms with E-state index in [-0.39, 0.29) is 25.1 Å². The molecule has 2 nitrogen and oxygen atoms in total. The Bertz CT molecular complexity index is 263. The van der Waals surface area contributed by atoms with Crippen LogP contribution in [0.1, 0.15) is 11.6 Å². The molecule has 1 aromatic rings. The van der Waals surface area contributed by atoms with Crippen LogP contribution in [0.5, 0.6) is 0 Å². The smallest absolute Gasteiger partial charge is 0.0624 e. The third-order valence-corrected chi connectivity index (χ3v) is 2.19. The number of aliphatic hydroxyl groups is 1. The number of hydrogen-bond donors (Lipinski definition) is 2. The average Bonchev–Trinajstić information content (AvgIpc) is 2.01. The molecule has 0 aliphatic heterocycles. The Kier molecular flexibility index (Phi) is 5.92. The number of hydrogen-bond acceptors (Lipinski definition) is 2. The van der Waals surface area contributed by atoms with Gasteiger partial charge in [0.2, 0.25) is 0 Å². The number of halogens is 3. The summed E-state index contributed by atoms with van der Waals surface area (Å²) in [4.78, 5) is 0. The molecule has 3 N–H and O–H groups in total. The highest BCUT2D eigenvalue weighted by Crippen LogP contribution is 2.22. The normalized spacial score (nSPS) is 12.0. The molecule has 0 radical (unpaired) electrons. The highest BCUT2D eigenvalue weighted by molar-refractivity contribution is 9.10. The molecule has 5 heteroatoms. The van der Waals surface area contributed by atoms with Crippen molar-refractivity contribution in [2.24, 2.45) is 5.73 Å². The summed E-state index contributed by atoms with van der Waals surface area (Å²) in [6.45, 7) is -0.0766. The lowest BCUT2D eigenvalue weighted by Gasteiger charge is -2.08. The van der Waals surface area contributed by atoms with Crippen molar-refractivity contribution < 1.29 is 5.11 Å². The van der Waals surface area contributed by atoms with E-state index in [1.165, 1.54) is 0 Å². The summed E-state index contributed by atoms with van der Waals surface area (Å²) in [6.07, 6.45) is 0. The number of aliphatic hydroxyl groups excluding tert-OH is 1. The van der Waals surface area contributed by atoms with E-state index in [0.29, 0.717) is 5.02 Å². The second-order valence-electron chi connectivity index (χ2n) is 2.49. The van der Waals surface area contributed by atoms with Gasteiger partial charge in [-0.15, -0.1) is 12.4 Å². The Balaban J connectivity index is 0.00000144. The monoisotopic (exact) mass is 285 g/mol. The standard InChI is InChI=1S/C8H9BrClNO.ClH/c9-6-1-5(8(11)4-12)2-7(10)3-6;/h1-3,8,12H,4,11H2;1H/t8-;/m0./s1. The molecule has 1 atom stereocenters. The van der Waals surface area contributed by atoms with Gasteiger partial charge in [0.25, 0.3) is 0 Å². The lowest BCUT2D eigenvalue weighted by molar-refractivity contribution is 0.268. The molecule has 0 saturated heterocycles. The van der Waals surface area contributed by atoms with Gasteiger partial charge in [-0.3, -0.25) is 0 Å².